The van der Waals surface area contributed by atoms with Crippen LogP contribution in [0.5, 0.6) is 0 Å². The third-order valence-corrected chi connectivity index (χ3v) is 11.2. The second kappa shape index (κ2) is 6.12. The molecule has 0 atom stereocenters. The Morgan fingerprint density at radius 3 is 1.07 bits per heavy atom. The second-order valence-electron chi connectivity index (χ2n) is 5.30. The lowest BCUT2D eigenvalue weighted by atomic mass is 10.9. The van der Waals surface area contributed by atoms with Crippen molar-refractivity contribution in [3.05, 3.63) is 0 Å². The molecule has 0 fully saturated rings. The van der Waals surface area contributed by atoms with Crippen LogP contribution in [0.25, 0.3) is 0 Å². The normalized spacial score (nSPS) is 14.4. The van der Waals surface area contributed by atoms with Crippen LogP contribution in [0.1, 0.15) is 0 Å². The van der Waals surface area contributed by atoms with Gasteiger partial charge < -0.3 is 0 Å². The molecule has 0 saturated heterocycles. The maximum absolute atomic E-state index is 6.11. The van der Waals surface area contributed by atoms with Crippen LogP contribution in [-0.2, 0) is 0 Å². The molecule has 0 aromatic rings. The molecule has 7 heteroatoms. The van der Waals surface area contributed by atoms with Gasteiger partial charge in [-0.15, -0.1) is 44.3 Å². The Bertz CT molecular complexity index is 175. The number of hydrogen-bond acceptors (Lipinski definition) is 0. The van der Waals surface area contributed by atoms with Gasteiger partial charge in [-0.25, -0.2) is 0 Å². The highest BCUT2D eigenvalue weighted by molar-refractivity contribution is 7.45. The summed E-state index contributed by atoms with van der Waals surface area (Å²) in [4.78, 5) is 0. The lowest BCUT2D eigenvalue weighted by Gasteiger charge is -2.26. The van der Waals surface area contributed by atoms with Crippen molar-refractivity contribution >= 4 is 65.8 Å². The first-order valence-corrected chi connectivity index (χ1v) is 18.0. The van der Waals surface area contributed by atoms with Crippen molar-refractivity contribution in [3.63, 3.8) is 0 Å². The van der Waals surface area contributed by atoms with E-state index in [1.54, 1.807) is 0 Å². The first kappa shape index (κ1) is 16.8. The molecule has 0 rings (SSSR count). The average molecular weight is 342 g/mol. The molecule has 0 aromatic carbocycles. The minimum Gasteiger partial charge on any atom is -0.146 e. The van der Waals surface area contributed by atoms with E-state index in [1.165, 1.54) is 12.1 Å². The van der Waals surface area contributed by atoms with E-state index in [4.69, 9.17) is 44.3 Å². The molecule has 92 valence electrons. The van der Waals surface area contributed by atoms with Crippen molar-refractivity contribution in [2.75, 3.05) is 0 Å². The Morgan fingerprint density at radius 2 is 0.867 bits per heavy atom. The molecule has 0 aliphatic carbocycles. The van der Waals surface area contributed by atoms with E-state index < -0.39 is 21.5 Å². The van der Waals surface area contributed by atoms with Crippen LogP contribution in [-0.4, -0.2) is 21.5 Å². The highest BCUT2D eigenvalue weighted by atomic mass is 35.7. The highest BCUT2D eigenvalue weighted by Gasteiger charge is 2.30. The molecule has 0 nitrogen and oxygen atoms in total. The molecule has 0 N–H and O–H groups in total. The summed E-state index contributed by atoms with van der Waals surface area (Å²) >= 11 is 24.4. The lowest BCUT2D eigenvalue weighted by Crippen LogP contribution is -2.30. The van der Waals surface area contributed by atoms with E-state index in [1.807, 2.05) is 13.1 Å². The van der Waals surface area contributed by atoms with Crippen LogP contribution in [0.2, 0.25) is 50.4 Å². The Morgan fingerprint density at radius 1 is 0.600 bits per heavy atom. The summed E-state index contributed by atoms with van der Waals surface area (Å²) in [5.41, 5.74) is 0. The predicted molar refractivity (Wildman–Crippen MR) is 83.4 cm³/mol. The van der Waals surface area contributed by atoms with Crippen LogP contribution in [0.4, 0.5) is 0 Å². The van der Waals surface area contributed by atoms with Crippen molar-refractivity contribution in [1.82, 2.24) is 0 Å². The molecule has 0 aliphatic heterocycles. The van der Waals surface area contributed by atoms with Gasteiger partial charge >= 0.3 is 0 Å². The molecule has 0 radical (unpaired) electrons. The Kier molecular flexibility index (Phi) is 6.86. The standard InChI is InChI=1S/C8H20Cl4Si3/c1-13(2,5-7-14(3,9)10)6-8-15(4,11)12/h5-8H2,1-4H3. The fraction of sp³-hybridized carbons (Fsp3) is 1.00. The fourth-order valence-corrected chi connectivity index (χ4v) is 13.8. The molecule has 0 unspecified atom stereocenters. The van der Waals surface area contributed by atoms with Crippen LogP contribution in [0, 0.1) is 0 Å². The van der Waals surface area contributed by atoms with Crippen molar-refractivity contribution < 1.29 is 0 Å². The van der Waals surface area contributed by atoms with E-state index in [-0.39, 0.29) is 0 Å². The quantitative estimate of drug-likeness (QED) is 0.423. The molecular formula is C8H20Cl4Si3. The van der Waals surface area contributed by atoms with Gasteiger partial charge in [0, 0.05) is 8.07 Å². The molecule has 0 amide bonds. The Balaban J connectivity index is 3.98. The molecule has 0 spiro atoms. The van der Waals surface area contributed by atoms with Gasteiger partial charge in [0.25, 0.3) is 0 Å². The summed E-state index contributed by atoms with van der Waals surface area (Å²) in [6.07, 6.45) is 0. The number of halogens is 4. The molecular weight excluding hydrogens is 322 g/mol. The molecule has 0 aromatic heterocycles. The van der Waals surface area contributed by atoms with Gasteiger partial charge in [-0.3, -0.25) is 0 Å². The van der Waals surface area contributed by atoms with E-state index in [2.05, 4.69) is 13.1 Å². The lowest BCUT2D eigenvalue weighted by molar-refractivity contribution is 1.22. The van der Waals surface area contributed by atoms with Crippen LogP contribution < -0.4 is 0 Å². The van der Waals surface area contributed by atoms with Gasteiger partial charge in [0.15, 0.2) is 0 Å². The van der Waals surface area contributed by atoms with Crippen molar-refractivity contribution in [1.29, 1.82) is 0 Å². The largest absolute Gasteiger partial charge is 0.248 e. The topological polar surface area (TPSA) is 0 Å². The fourth-order valence-electron chi connectivity index (χ4n) is 1.24. The zero-order chi connectivity index (χ0) is 12.3. The third-order valence-electron chi connectivity index (χ3n) is 2.48. The van der Waals surface area contributed by atoms with Crippen LogP contribution in [0.15, 0.2) is 0 Å². The molecule has 0 heterocycles. The highest BCUT2D eigenvalue weighted by Crippen LogP contribution is 2.32. The number of rotatable bonds is 6. The summed E-state index contributed by atoms with van der Waals surface area (Å²) in [6.45, 7) is 4.88. The zero-order valence-electron chi connectivity index (χ0n) is 9.84. The van der Waals surface area contributed by atoms with Gasteiger partial charge in [0.2, 0.25) is 13.4 Å². The van der Waals surface area contributed by atoms with Gasteiger partial charge in [-0.1, -0.05) is 25.2 Å². The second-order valence-corrected chi connectivity index (χ2v) is 27.1. The minimum atomic E-state index is -1.92. The maximum Gasteiger partial charge on any atom is 0.248 e. The molecule has 15 heavy (non-hydrogen) atoms. The van der Waals surface area contributed by atoms with Gasteiger partial charge in [0.05, 0.1) is 0 Å². The van der Waals surface area contributed by atoms with Gasteiger partial charge in [-0.2, -0.15) is 0 Å². The smallest absolute Gasteiger partial charge is 0.146 e. The van der Waals surface area contributed by atoms with Gasteiger partial charge in [0.1, 0.15) is 0 Å². The molecule has 0 aliphatic rings. The summed E-state index contributed by atoms with van der Waals surface area (Å²) in [5.74, 6) is 0. The SMILES string of the molecule is C[Si](Cl)(Cl)CC[Si](C)(C)CC[Si](C)(Cl)Cl. The Hall–Kier alpha value is 1.81. The van der Waals surface area contributed by atoms with E-state index in [9.17, 15) is 0 Å². The monoisotopic (exact) mass is 340 g/mol. The first-order chi connectivity index (χ1) is 6.41. The molecule has 0 bridgehead atoms. The van der Waals surface area contributed by atoms with Gasteiger partial charge in [-0.05, 0) is 25.2 Å². The third kappa shape index (κ3) is 12.1. The van der Waals surface area contributed by atoms with E-state index >= 15 is 0 Å². The maximum atomic E-state index is 6.11. The molecule has 0 saturated carbocycles. The summed E-state index contributed by atoms with van der Waals surface area (Å²) in [7, 11) is -1.19. The number of hydrogen-bond donors (Lipinski definition) is 0. The predicted octanol–water partition coefficient (Wildman–Crippen LogP) is 5.79. The zero-order valence-corrected chi connectivity index (χ0v) is 15.9. The van der Waals surface area contributed by atoms with Crippen LogP contribution >= 0.6 is 44.3 Å². The summed E-state index contributed by atoms with van der Waals surface area (Å²) in [5, 5.41) is 0. The van der Waals surface area contributed by atoms with Crippen molar-refractivity contribution in [2.45, 2.75) is 50.4 Å². The first-order valence-electron chi connectivity index (χ1n) is 5.17. The Labute approximate surface area is 115 Å². The van der Waals surface area contributed by atoms with Crippen molar-refractivity contribution in [2.24, 2.45) is 0 Å². The summed E-state index contributed by atoms with van der Waals surface area (Å²) in [6, 6.07) is 4.39. The van der Waals surface area contributed by atoms with Crippen molar-refractivity contribution in [3.8, 4) is 0 Å². The van der Waals surface area contributed by atoms with E-state index in [0.29, 0.717) is 0 Å². The average Bonchev–Trinajstić information content (AvgIpc) is 1.96. The van der Waals surface area contributed by atoms with E-state index in [0.717, 1.165) is 12.1 Å². The summed E-state index contributed by atoms with van der Waals surface area (Å²) < 4.78 is 0. The minimum absolute atomic E-state index is 0.998. The van der Waals surface area contributed by atoms with Crippen LogP contribution in [0.3, 0.4) is 0 Å².